The molecule has 0 bridgehead atoms. The van der Waals surface area contributed by atoms with Crippen LogP contribution in [0, 0.1) is 12.8 Å². The number of aryl methyl sites for hydroxylation is 1. The van der Waals surface area contributed by atoms with E-state index in [2.05, 4.69) is 10.3 Å². The minimum Gasteiger partial charge on any atom is -0.491 e. The maximum atomic E-state index is 13.2. The van der Waals surface area contributed by atoms with Gasteiger partial charge in [-0.1, -0.05) is 12.2 Å². The van der Waals surface area contributed by atoms with E-state index >= 15 is 0 Å². The number of allylic oxidation sites excluding steroid dienone is 1. The van der Waals surface area contributed by atoms with Gasteiger partial charge in [0, 0.05) is 37.4 Å². The third-order valence-electron chi connectivity index (χ3n) is 5.98. The van der Waals surface area contributed by atoms with Gasteiger partial charge in [0.2, 0.25) is 0 Å². The van der Waals surface area contributed by atoms with Crippen molar-refractivity contribution in [2.45, 2.75) is 51.4 Å². The molecule has 0 aliphatic carbocycles. The quantitative estimate of drug-likeness (QED) is 0.691. The average molecular weight is 455 g/mol. The van der Waals surface area contributed by atoms with E-state index in [4.69, 9.17) is 4.74 Å². The summed E-state index contributed by atoms with van der Waals surface area (Å²) in [5.74, 6) is -1.13. The molecule has 1 aromatic rings. The van der Waals surface area contributed by atoms with Gasteiger partial charge in [0.25, 0.3) is 5.91 Å². The number of piperidine rings is 1. The van der Waals surface area contributed by atoms with Gasteiger partial charge in [0.05, 0.1) is 12.5 Å². The number of amides is 1. The monoisotopic (exact) mass is 454 g/mol. The average Bonchev–Trinajstić information content (AvgIpc) is 2.72. The molecule has 1 amide bonds. The van der Waals surface area contributed by atoms with Crippen molar-refractivity contribution in [3.8, 4) is 5.75 Å². The summed E-state index contributed by atoms with van der Waals surface area (Å²) >= 11 is 0. The molecule has 32 heavy (non-hydrogen) atoms. The Hall–Kier alpha value is -2.13. The molecule has 1 aromatic heterocycles. The number of likely N-dealkylation sites (N-methyl/N-ethyl adjacent to an activating group) is 1. The third kappa shape index (κ3) is 6.45. The van der Waals surface area contributed by atoms with Crippen molar-refractivity contribution in [3.05, 3.63) is 35.7 Å². The van der Waals surface area contributed by atoms with Crippen LogP contribution in [0.4, 0.5) is 13.2 Å². The van der Waals surface area contributed by atoms with E-state index in [1.165, 1.54) is 6.08 Å². The Balaban J connectivity index is 1.69. The van der Waals surface area contributed by atoms with Crippen molar-refractivity contribution in [1.29, 1.82) is 0 Å². The van der Waals surface area contributed by atoms with E-state index in [9.17, 15) is 18.0 Å². The van der Waals surface area contributed by atoms with Crippen LogP contribution in [0.2, 0.25) is 0 Å². The predicted molar refractivity (Wildman–Crippen MR) is 117 cm³/mol. The highest BCUT2D eigenvalue weighted by molar-refractivity contribution is 5.95. The van der Waals surface area contributed by atoms with Crippen molar-refractivity contribution in [2.24, 2.45) is 5.92 Å². The lowest BCUT2D eigenvalue weighted by Crippen LogP contribution is -2.53. The fraction of sp³-hybridized carbons (Fsp3) is 0.652. The zero-order chi connectivity index (χ0) is 23.3. The minimum atomic E-state index is -4.23. The fourth-order valence-electron chi connectivity index (χ4n) is 4.31. The molecule has 178 valence electrons. The summed E-state index contributed by atoms with van der Waals surface area (Å²) < 4.78 is 45.3. The van der Waals surface area contributed by atoms with Crippen LogP contribution < -0.4 is 10.1 Å². The molecule has 0 radical (unpaired) electrons. The van der Waals surface area contributed by atoms with Crippen molar-refractivity contribution < 1.29 is 22.7 Å². The standard InChI is InChI=1S/C23H33F3N4O2/c1-4-32-20-10-7-16(2)27-21(20)22(31)30-12-5-6-18(15-30)28-19-9-8-17(23(24,25)26)11-13-29(3)14-19/h7-10,17-19,28H,4-6,11-15H2,1-3H3/b9-8-/t17?,18-,19?/m1/s1. The number of nitrogens with zero attached hydrogens (tertiary/aromatic N) is 3. The zero-order valence-electron chi connectivity index (χ0n) is 19.0. The highest BCUT2D eigenvalue weighted by atomic mass is 19.4. The number of pyridine rings is 1. The molecule has 2 aliphatic rings. The molecule has 1 N–H and O–H groups in total. The van der Waals surface area contributed by atoms with Gasteiger partial charge in [-0.25, -0.2) is 4.98 Å². The van der Waals surface area contributed by atoms with Crippen LogP contribution in [-0.4, -0.2) is 78.8 Å². The number of rotatable bonds is 5. The van der Waals surface area contributed by atoms with E-state index in [-0.39, 0.29) is 24.4 Å². The normalized spacial score (nSPS) is 26.3. The summed E-state index contributed by atoms with van der Waals surface area (Å²) in [5, 5.41) is 3.47. The molecule has 2 aliphatic heterocycles. The molecule has 9 heteroatoms. The largest absolute Gasteiger partial charge is 0.491 e. The van der Waals surface area contributed by atoms with Crippen LogP contribution in [0.1, 0.15) is 42.4 Å². The molecule has 3 atom stereocenters. The predicted octanol–water partition coefficient (Wildman–Crippen LogP) is 3.42. The maximum Gasteiger partial charge on any atom is 0.395 e. The van der Waals surface area contributed by atoms with E-state index in [0.29, 0.717) is 44.2 Å². The van der Waals surface area contributed by atoms with Crippen molar-refractivity contribution in [1.82, 2.24) is 20.1 Å². The fourth-order valence-corrected chi connectivity index (χ4v) is 4.31. The summed E-state index contributed by atoms with van der Waals surface area (Å²) in [6.45, 7) is 6.25. The molecule has 0 spiro atoms. The lowest BCUT2D eigenvalue weighted by atomic mass is 9.99. The lowest BCUT2D eigenvalue weighted by Gasteiger charge is -2.36. The zero-order valence-corrected chi connectivity index (χ0v) is 19.0. The van der Waals surface area contributed by atoms with Crippen LogP contribution in [0.3, 0.4) is 0 Å². The smallest absolute Gasteiger partial charge is 0.395 e. The molecule has 6 nitrogen and oxygen atoms in total. The minimum absolute atomic E-state index is 0.000124. The number of ether oxygens (including phenoxy) is 1. The van der Waals surface area contributed by atoms with Gasteiger partial charge in [-0.2, -0.15) is 13.2 Å². The van der Waals surface area contributed by atoms with Crippen LogP contribution in [0.15, 0.2) is 24.3 Å². The molecule has 3 heterocycles. The number of carbonyl (C=O) groups is 1. The molecule has 1 fully saturated rings. The Bertz CT molecular complexity index is 815. The molecule has 1 saturated heterocycles. The topological polar surface area (TPSA) is 57.7 Å². The Morgan fingerprint density at radius 2 is 2.00 bits per heavy atom. The van der Waals surface area contributed by atoms with Gasteiger partial charge in [0.1, 0.15) is 0 Å². The molecule has 2 unspecified atom stereocenters. The second-order valence-corrected chi connectivity index (χ2v) is 8.68. The highest BCUT2D eigenvalue weighted by Crippen LogP contribution is 2.31. The van der Waals surface area contributed by atoms with E-state index < -0.39 is 12.1 Å². The van der Waals surface area contributed by atoms with Crippen LogP contribution in [0.25, 0.3) is 0 Å². The highest BCUT2D eigenvalue weighted by Gasteiger charge is 2.38. The first-order valence-corrected chi connectivity index (χ1v) is 11.3. The number of alkyl halides is 3. The number of hydrogen-bond donors (Lipinski definition) is 1. The molecular formula is C23H33F3N4O2. The van der Waals surface area contributed by atoms with Gasteiger partial charge < -0.3 is 19.9 Å². The molecule has 0 saturated carbocycles. The van der Waals surface area contributed by atoms with Gasteiger partial charge in [-0.3, -0.25) is 4.79 Å². The number of carbonyl (C=O) groups excluding carboxylic acids is 1. The maximum absolute atomic E-state index is 13.2. The second-order valence-electron chi connectivity index (χ2n) is 8.68. The Labute approximate surface area is 187 Å². The molecule has 3 rings (SSSR count). The number of hydrogen-bond acceptors (Lipinski definition) is 5. The van der Waals surface area contributed by atoms with Crippen LogP contribution in [-0.2, 0) is 0 Å². The van der Waals surface area contributed by atoms with Crippen LogP contribution in [0.5, 0.6) is 5.75 Å². The third-order valence-corrected chi connectivity index (χ3v) is 5.98. The molecule has 0 aromatic carbocycles. The van der Waals surface area contributed by atoms with E-state index in [0.717, 1.165) is 18.5 Å². The first-order valence-electron chi connectivity index (χ1n) is 11.3. The lowest BCUT2D eigenvalue weighted by molar-refractivity contribution is -0.163. The van der Waals surface area contributed by atoms with Gasteiger partial charge in [-0.15, -0.1) is 0 Å². The number of aromatic nitrogens is 1. The number of nitrogens with one attached hydrogen (secondary N) is 1. The summed E-state index contributed by atoms with van der Waals surface area (Å²) in [6, 6.07) is 3.38. The van der Waals surface area contributed by atoms with Crippen molar-refractivity contribution in [3.63, 3.8) is 0 Å². The molecular weight excluding hydrogens is 421 g/mol. The SMILES string of the molecule is CCOc1ccc(C)nc1C(=O)N1CCC[C@@H](NC2/C=C\C(C(F)(F)F)CCN(C)C2)C1. The summed E-state index contributed by atoms with van der Waals surface area (Å²) in [5.41, 5.74) is 1.05. The first-order chi connectivity index (χ1) is 15.2. The van der Waals surface area contributed by atoms with Gasteiger partial charge in [-0.05, 0) is 58.8 Å². The Morgan fingerprint density at radius 1 is 1.22 bits per heavy atom. The first kappa shape index (κ1) is 24.5. The van der Waals surface area contributed by atoms with Crippen molar-refractivity contribution in [2.75, 3.05) is 39.8 Å². The van der Waals surface area contributed by atoms with E-state index in [1.54, 1.807) is 17.0 Å². The number of likely N-dealkylation sites (tertiary alicyclic amines) is 1. The Kier molecular flexibility index (Phi) is 8.16. The summed E-state index contributed by atoms with van der Waals surface area (Å²) in [6.07, 6.45) is 0.453. The summed E-state index contributed by atoms with van der Waals surface area (Å²) in [4.78, 5) is 21.3. The van der Waals surface area contributed by atoms with E-state index in [1.807, 2.05) is 31.9 Å². The van der Waals surface area contributed by atoms with Gasteiger partial charge >= 0.3 is 6.18 Å². The van der Waals surface area contributed by atoms with Crippen LogP contribution >= 0.6 is 0 Å². The second kappa shape index (κ2) is 10.7. The summed E-state index contributed by atoms with van der Waals surface area (Å²) in [7, 11) is 1.84. The number of halogens is 3. The van der Waals surface area contributed by atoms with Crippen molar-refractivity contribution >= 4 is 5.91 Å². The Morgan fingerprint density at radius 3 is 2.72 bits per heavy atom. The van der Waals surface area contributed by atoms with Gasteiger partial charge in [0.15, 0.2) is 11.4 Å².